The summed E-state index contributed by atoms with van der Waals surface area (Å²) in [7, 11) is -3.99. The van der Waals surface area contributed by atoms with Crippen LogP contribution < -0.4 is 0 Å². The van der Waals surface area contributed by atoms with Gasteiger partial charge in [0, 0.05) is 19.7 Å². The van der Waals surface area contributed by atoms with Crippen LogP contribution in [0, 0.1) is 5.82 Å². The zero-order chi connectivity index (χ0) is 27.3. The Morgan fingerprint density at radius 2 is 1.74 bits per heavy atom. The Bertz CT molecular complexity index is 1290. The lowest BCUT2D eigenvalue weighted by Gasteiger charge is -2.28. The molecule has 2 aromatic carbocycles. The molecule has 0 aliphatic carbocycles. The molecule has 204 valence electrons. The molecule has 2 heterocycles. The van der Waals surface area contributed by atoms with Crippen LogP contribution in [0.15, 0.2) is 76.2 Å². The lowest BCUT2D eigenvalue weighted by Crippen LogP contribution is -2.45. The molecule has 0 N–H and O–H groups in total. The zero-order valence-electron chi connectivity index (χ0n) is 22.1. The van der Waals surface area contributed by atoms with Gasteiger partial charge in [0.25, 0.3) is 0 Å². The molecule has 1 unspecified atom stereocenters. The summed E-state index contributed by atoms with van der Waals surface area (Å²) in [6, 6.07) is 16.2. The van der Waals surface area contributed by atoms with Gasteiger partial charge in [-0.05, 0) is 65.8 Å². The molecule has 0 saturated carbocycles. The van der Waals surface area contributed by atoms with Gasteiger partial charge in [0.05, 0.1) is 30.4 Å². The Kier molecular flexibility index (Phi) is 8.70. The molecule has 38 heavy (non-hydrogen) atoms. The second-order valence-electron chi connectivity index (χ2n) is 10.7. The summed E-state index contributed by atoms with van der Waals surface area (Å²) < 4.78 is 53.4. The molecule has 0 bridgehead atoms. The first-order valence-corrected chi connectivity index (χ1v) is 14.2. The van der Waals surface area contributed by atoms with Crippen LogP contribution >= 0.6 is 0 Å². The maximum absolute atomic E-state index is 13.8. The zero-order valence-corrected chi connectivity index (χ0v) is 22.9. The van der Waals surface area contributed by atoms with Crippen molar-refractivity contribution in [3.8, 4) is 0 Å². The minimum atomic E-state index is -3.99. The van der Waals surface area contributed by atoms with E-state index >= 15 is 0 Å². The first-order chi connectivity index (χ1) is 18.0. The van der Waals surface area contributed by atoms with Gasteiger partial charge in [-0.25, -0.2) is 12.8 Å². The molecule has 0 radical (unpaired) electrons. The SMILES string of the molecule is CC(C)(C)c1ccc(S(=O)(=O)N(CC(=O)N(Cc2ccc(F)cc2)Cc2ccco2)CC2CCCO2)cc1. The Labute approximate surface area is 224 Å². The minimum Gasteiger partial charge on any atom is -0.467 e. The highest BCUT2D eigenvalue weighted by atomic mass is 32.2. The van der Waals surface area contributed by atoms with Crippen LogP contribution in [0.25, 0.3) is 0 Å². The van der Waals surface area contributed by atoms with Gasteiger partial charge in [0.15, 0.2) is 0 Å². The Morgan fingerprint density at radius 1 is 1.03 bits per heavy atom. The molecular formula is C29H35FN2O5S. The van der Waals surface area contributed by atoms with Crippen molar-refractivity contribution in [2.45, 2.75) is 63.1 Å². The van der Waals surface area contributed by atoms with Gasteiger partial charge in [0.2, 0.25) is 15.9 Å². The number of furan rings is 1. The highest BCUT2D eigenvalue weighted by molar-refractivity contribution is 7.89. The van der Waals surface area contributed by atoms with E-state index in [-0.39, 0.29) is 48.4 Å². The van der Waals surface area contributed by atoms with Crippen LogP contribution in [0.4, 0.5) is 4.39 Å². The monoisotopic (exact) mass is 542 g/mol. The van der Waals surface area contributed by atoms with Crippen molar-refractivity contribution >= 4 is 15.9 Å². The Balaban J connectivity index is 1.60. The molecule has 1 amide bonds. The fraction of sp³-hybridized carbons (Fsp3) is 0.414. The quantitative estimate of drug-likeness (QED) is 0.356. The Morgan fingerprint density at radius 3 is 2.32 bits per heavy atom. The van der Waals surface area contributed by atoms with Gasteiger partial charge in [-0.3, -0.25) is 4.79 Å². The third-order valence-electron chi connectivity index (χ3n) is 6.67. The predicted molar refractivity (Wildman–Crippen MR) is 142 cm³/mol. The number of rotatable bonds is 10. The van der Waals surface area contributed by atoms with Gasteiger partial charge in [-0.15, -0.1) is 0 Å². The first-order valence-electron chi connectivity index (χ1n) is 12.8. The number of amides is 1. The molecule has 3 aromatic rings. The van der Waals surface area contributed by atoms with E-state index in [0.29, 0.717) is 12.4 Å². The van der Waals surface area contributed by atoms with Crippen molar-refractivity contribution in [3.63, 3.8) is 0 Å². The van der Waals surface area contributed by atoms with Gasteiger partial charge < -0.3 is 14.1 Å². The highest BCUT2D eigenvalue weighted by Gasteiger charge is 2.32. The van der Waals surface area contributed by atoms with Gasteiger partial charge in [-0.2, -0.15) is 4.31 Å². The van der Waals surface area contributed by atoms with Gasteiger partial charge in [-0.1, -0.05) is 45.0 Å². The first kappa shape index (κ1) is 28.0. The summed E-state index contributed by atoms with van der Waals surface area (Å²) in [6.45, 7) is 6.81. The van der Waals surface area contributed by atoms with Gasteiger partial charge >= 0.3 is 0 Å². The minimum absolute atomic E-state index is 0.0836. The van der Waals surface area contributed by atoms with Crippen LogP contribution in [0.2, 0.25) is 0 Å². The average Bonchev–Trinajstić information content (AvgIpc) is 3.58. The molecule has 1 atom stereocenters. The number of ether oxygens (including phenoxy) is 1. The number of carbonyl (C=O) groups excluding carboxylic acids is 1. The number of nitrogens with zero attached hydrogens (tertiary/aromatic N) is 2. The molecular weight excluding hydrogens is 507 g/mol. The fourth-order valence-electron chi connectivity index (χ4n) is 4.42. The highest BCUT2D eigenvalue weighted by Crippen LogP contribution is 2.26. The number of sulfonamides is 1. The molecule has 1 aromatic heterocycles. The van der Waals surface area contributed by atoms with Crippen LogP contribution in [-0.2, 0) is 38.1 Å². The molecule has 1 saturated heterocycles. The van der Waals surface area contributed by atoms with Crippen LogP contribution in [0.5, 0.6) is 0 Å². The topological polar surface area (TPSA) is 80.1 Å². The molecule has 1 aliphatic heterocycles. The van der Waals surface area contributed by atoms with E-state index < -0.39 is 15.9 Å². The second kappa shape index (κ2) is 11.8. The summed E-state index contributed by atoms with van der Waals surface area (Å²) in [5.41, 5.74) is 1.61. The second-order valence-corrected chi connectivity index (χ2v) is 12.6. The smallest absolute Gasteiger partial charge is 0.243 e. The van der Waals surface area contributed by atoms with E-state index in [1.165, 1.54) is 27.6 Å². The van der Waals surface area contributed by atoms with Crippen LogP contribution in [0.3, 0.4) is 0 Å². The van der Waals surface area contributed by atoms with E-state index in [0.717, 1.165) is 24.0 Å². The molecule has 1 aliphatic rings. The van der Waals surface area contributed by atoms with Crippen molar-refractivity contribution in [1.29, 1.82) is 0 Å². The van der Waals surface area contributed by atoms with E-state index in [2.05, 4.69) is 20.8 Å². The lowest BCUT2D eigenvalue weighted by molar-refractivity contribution is -0.133. The standard InChI is InChI=1S/C29H35FN2O5S/c1-29(2,3)23-10-14-27(15-11-23)38(34,35)32(20-26-7-5-17-37-26)21-28(33)31(19-25-6-4-16-36-25)18-22-8-12-24(30)13-9-22/h4,6,8-16,26H,5,7,17-21H2,1-3H3. The van der Waals surface area contributed by atoms with Crippen molar-refractivity contribution < 1.29 is 26.8 Å². The van der Waals surface area contributed by atoms with Gasteiger partial charge in [0.1, 0.15) is 11.6 Å². The van der Waals surface area contributed by atoms with Crippen molar-refractivity contribution in [3.05, 3.63) is 89.6 Å². The number of hydrogen-bond donors (Lipinski definition) is 0. The molecule has 1 fully saturated rings. The third-order valence-corrected chi connectivity index (χ3v) is 8.49. The summed E-state index contributed by atoms with van der Waals surface area (Å²) in [5, 5.41) is 0. The summed E-state index contributed by atoms with van der Waals surface area (Å²) >= 11 is 0. The van der Waals surface area contributed by atoms with Crippen LogP contribution in [0.1, 0.15) is 50.5 Å². The molecule has 4 rings (SSSR count). The fourth-order valence-corrected chi connectivity index (χ4v) is 5.84. The third kappa shape index (κ3) is 7.09. The number of halogens is 1. The summed E-state index contributed by atoms with van der Waals surface area (Å²) in [6.07, 6.45) is 2.82. The Hall–Kier alpha value is -3.01. The largest absolute Gasteiger partial charge is 0.467 e. The van der Waals surface area contributed by atoms with Crippen molar-refractivity contribution in [1.82, 2.24) is 9.21 Å². The molecule has 0 spiro atoms. The average molecular weight is 543 g/mol. The van der Waals surface area contributed by atoms with Crippen molar-refractivity contribution in [2.24, 2.45) is 0 Å². The number of carbonyl (C=O) groups is 1. The van der Waals surface area contributed by atoms with Crippen LogP contribution in [-0.4, -0.2) is 49.3 Å². The summed E-state index contributed by atoms with van der Waals surface area (Å²) in [4.78, 5) is 15.3. The van der Waals surface area contributed by atoms with E-state index in [9.17, 15) is 17.6 Å². The maximum Gasteiger partial charge on any atom is 0.243 e. The molecule has 7 nitrogen and oxygen atoms in total. The summed E-state index contributed by atoms with van der Waals surface area (Å²) in [5.74, 6) is -0.200. The maximum atomic E-state index is 13.8. The van der Waals surface area contributed by atoms with E-state index in [1.54, 1.807) is 36.4 Å². The number of benzene rings is 2. The van der Waals surface area contributed by atoms with E-state index in [4.69, 9.17) is 9.15 Å². The van der Waals surface area contributed by atoms with Crippen molar-refractivity contribution in [2.75, 3.05) is 19.7 Å². The molecule has 9 heteroatoms. The lowest BCUT2D eigenvalue weighted by atomic mass is 9.87. The number of hydrogen-bond acceptors (Lipinski definition) is 5. The normalized spacial score (nSPS) is 16.2. The predicted octanol–water partition coefficient (Wildman–Crippen LogP) is 5.11. The van der Waals surface area contributed by atoms with E-state index in [1.807, 2.05) is 12.1 Å².